The van der Waals surface area contributed by atoms with Crippen LogP contribution in [0.1, 0.15) is 20.8 Å². The molecule has 86 valence electrons. The summed E-state index contributed by atoms with van der Waals surface area (Å²) >= 11 is 0. The molecule has 0 aromatic heterocycles. The molecule has 4 nitrogen and oxygen atoms in total. The van der Waals surface area contributed by atoms with E-state index in [9.17, 15) is 0 Å². The normalized spacial score (nSPS) is 8.07. The highest BCUT2D eigenvalue weighted by Crippen LogP contribution is 1.99. The Labute approximate surface area is 86.8 Å². The minimum Gasteiger partial charge on any atom is -0.494 e. The van der Waals surface area contributed by atoms with Gasteiger partial charge in [0.2, 0.25) is 0 Å². The second-order valence-corrected chi connectivity index (χ2v) is 2.17. The van der Waals surface area contributed by atoms with Crippen molar-refractivity contribution < 1.29 is 18.9 Å². The molecule has 0 bridgehead atoms. The third-order valence-electron chi connectivity index (χ3n) is 0.919. The van der Waals surface area contributed by atoms with E-state index in [-0.39, 0.29) is 0 Å². The second kappa shape index (κ2) is 14.6. The Morgan fingerprint density at radius 3 is 1.64 bits per heavy atom. The van der Waals surface area contributed by atoms with Gasteiger partial charge in [-0.3, -0.25) is 0 Å². The molecule has 0 N–H and O–H groups in total. The van der Waals surface area contributed by atoms with Crippen molar-refractivity contribution in [1.29, 1.82) is 0 Å². The van der Waals surface area contributed by atoms with Crippen LogP contribution in [0.4, 0.5) is 0 Å². The predicted molar refractivity (Wildman–Crippen MR) is 55.9 cm³/mol. The van der Waals surface area contributed by atoms with Crippen LogP contribution >= 0.6 is 0 Å². The molecule has 0 atom stereocenters. The molecule has 0 aromatic rings. The zero-order chi connectivity index (χ0) is 11.2. The first kappa shape index (κ1) is 15.6. The lowest BCUT2D eigenvalue weighted by molar-refractivity contribution is 0.0322. The van der Waals surface area contributed by atoms with Gasteiger partial charge < -0.3 is 18.9 Å². The SMILES string of the molecule is CCOC=C(OCC)OCC.COC. The highest BCUT2D eigenvalue weighted by molar-refractivity contribution is 4.74. The van der Waals surface area contributed by atoms with E-state index in [0.717, 1.165) is 0 Å². The molecule has 0 spiro atoms. The summed E-state index contributed by atoms with van der Waals surface area (Å²) in [5.74, 6) is 0.455. The molecule has 0 saturated carbocycles. The molecule has 0 aliphatic carbocycles. The maximum atomic E-state index is 5.10. The van der Waals surface area contributed by atoms with E-state index >= 15 is 0 Å². The fourth-order valence-electron chi connectivity index (χ4n) is 0.546. The summed E-state index contributed by atoms with van der Waals surface area (Å²) in [7, 11) is 3.25. The van der Waals surface area contributed by atoms with Crippen LogP contribution in [-0.4, -0.2) is 34.0 Å². The molecule has 0 amide bonds. The van der Waals surface area contributed by atoms with Crippen molar-refractivity contribution in [3.8, 4) is 0 Å². The van der Waals surface area contributed by atoms with E-state index in [0.29, 0.717) is 25.8 Å². The van der Waals surface area contributed by atoms with Crippen molar-refractivity contribution >= 4 is 0 Å². The molecule has 0 fully saturated rings. The van der Waals surface area contributed by atoms with Gasteiger partial charge >= 0.3 is 5.95 Å². The van der Waals surface area contributed by atoms with E-state index in [4.69, 9.17) is 14.2 Å². The molecule has 0 aromatic carbocycles. The molecule has 14 heavy (non-hydrogen) atoms. The Morgan fingerprint density at radius 1 is 0.929 bits per heavy atom. The Hall–Kier alpha value is -0.900. The smallest absolute Gasteiger partial charge is 0.315 e. The Morgan fingerprint density at radius 2 is 1.36 bits per heavy atom. The summed E-state index contributed by atoms with van der Waals surface area (Å²) in [5.41, 5.74) is 0. The topological polar surface area (TPSA) is 36.9 Å². The lowest BCUT2D eigenvalue weighted by Crippen LogP contribution is -1.98. The van der Waals surface area contributed by atoms with Gasteiger partial charge in [0.05, 0.1) is 19.8 Å². The maximum absolute atomic E-state index is 5.10. The van der Waals surface area contributed by atoms with Gasteiger partial charge in [-0.05, 0) is 20.8 Å². The Balaban J connectivity index is 0. The van der Waals surface area contributed by atoms with Crippen LogP contribution in [0, 0.1) is 0 Å². The van der Waals surface area contributed by atoms with Gasteiger partial charge in [-0.2, -0.15) is 0 Å². The van der Waals surface area contributed by atoms with Crippen molar-refractivity contribution in [2.45, 2.75) is 20.8 Å². The summed E-state index contributed by atoms with van der Waals surface area (Å²) in [6.45, 7) is 7.53. The zero-order valence-corrected chi connectivity index (χ0v) is 9.83. The van der Waals surface area contributed by atoms with Crippen molar-refractivity contribution in [3.05, 3.63) is 12.2 Å². The standard InChI is InChI=1S/C8H16O3.C2H6O/c1-4-9-7-8(10-5-2)11-6-3;1-3-2/h7H,4-6H2,1-3H3;1-2H3. The average molecular weight is 206 g/mol. The van der Waals surface area contributed by atoms with Crippen molar-refractivity contribution in [1.82, 2.24) is 0 Å². The molecule has 0 aliphatic rings. The van der Waals surface area contributed by atoms with Crippen LogP contribution in [0.3, 0.4) is 0 Å². The summed E-state index contributed by atoms with van der Waals surface area (Å²) < 4.78 is 19.4. The predicted octanol–water partition coefficient (Wildman–Crippen LogP) is 2.16. The molecular formula is C10H22O4. The molecule has 0 saturated heterocycles. The van der Waals surface area contributed by atoms with Crippen LogP contribution in [0.15, 0.2) is 12.2 Å². The van der Waals surface area contributed by atoms with Gasteiger partial charge in [-0.15, -0.1) is 0 Å². The number of methoxy groups -OCH3 is 1. The van der Waals surface area contributed by atoms with Crippen molar-refractivity contribution in [2.24, 2.45) is 0 Å². The lowest BCUT2D eigenvalue weighted by atomic mass is 10.8. The molecule has 0 heterocycles. The number of rotatable bonds is 6. The van der Waals surface area contributed by atoms with Gasteiger partial charge in [0.15, 0.2) is 6.26 Å². The van der Waals surface area contributed by atoms with E-state index in [1.54, 1.807) is 14.2 Å². The Bertz CT molecular complexity index is 115. The third kappa shape index (κ3) is 13.7. The number of ether oxygens (including phenoxy) is 4. The van der Waals surface area contributed by atoms with Crippen LogP contribution in [0.2, 0.25) is 0 Å². The number of hydrogen-bond acceptors (Lipinski definition) is 4. The van der Waals surface area contributed by atoms with E-state index in [1.165, 1.54) is 6.26 Å². The van der Waals surface area contributed by atoms with Gasteiger partial charge in [0, 0.05) is 14.2 Å². The quantitative estimate of drug-likeness (QED) is 0.624. The van der Waals surface area contributed by atoms with Crippen LogP contribution in [-0.2, 0) is 18.9 Å². The minimum atomic E-state index is 0.455. The summed E-state index contributed by atoms with van der Waals surface area (Å²) in [6.07, 6.45) is 1.49. The van der Waals surface area contributed by atoms with E-state index < -0.39 is 0 Å². The minimum absolute atomic E-state index is 0.455. The molecule has 0 aliphatic heterocycles. The summed E-state index contributed by atoms with van der Waals surface area (Å²) in [4.78, 5) is 0. The fourth-order valence-corrected chi connectivity index (χ4v) is 0.546. The first-order valence-corrected chi connectivity index (χ1v) is 4.74. The summed E-state index contributed by atoms with van der Waals surface area (Å²) in [5, 5.41) is 0. The van der Waals surface area contributed by atoms with Crippen LogP contribution in [0.5, 0.6) is 0 Å². The highest BCUT2D eigenvalue weighted by Gasteiger charge is 1.95. The molecular weight excluding hydrogens is 184 g/mol. The molecule has 0 radical (unpaired) electrons. The first-order valence-electron chi connectivity index (χ1n) is 4.74. The average Bonchev–Trinajstić information content (AvgIpc) is 2.16. The monoisotopic (exact) mass is 206 g/mol. The van der Waals surface area contributed by atoms with Crippen molar-refractivity contribution in [2.75, 3.05) is 34.0 Å². The number of hydrogen-bond donors (Lipinski definition) is 0. The van der Waals surface area contributed by atoms with Gasteiger partial charge in [-0.25, -0.2) is 0 Å². The van der Waals surface area contributed by atoms with Gasteiger partial charge in [0.1, 0.15) is 0 Å². The third-order valence-corrected chi connectivity index (χ3v) is 0.919. The van der Waals surface area contributed by atoms with E-state index in [1.807, 2.05) is 20.8 Å². The van der Waals surface area contributed by atoms with Gasteiger partial charge in [-0.1, -0.05) is 0 Å². The molecule has 4 heteroatoms. The molecule has 0 rings (SSSR count). The summed E-state index contributed by atoms with van der Waals surface area (Å²) in [6, 6.07) is 0. The Kier molecular flexibility index (Phi) is 16.3. The largest absolute Gasteiger partial charge is 0.494 e. The second-order valence-electron chi connectivity index (χ2n) is 2.17. The molecule has 0 unspecified atom stereocenters. The van der Waals surface area contributed by atoms with Crippen LogP contribution < -0.4 is 0 Å². The maximum Gasteiger partial charge on any atom is 0.315 e. The van der Waals surface area contributed by atoms with Crippen molar-refractivity contribution in [3.63, 3.8) is 0 Å². The highest BCUT2D eigenvalue weighted by atomic mass is 16.7. The fraction of sp³-hybridized carbons (Fsp3) is 0.800. The van der Waals surface area contributed by atoms with Gasteiger partial charge in [0.25, 0.3) is 0 Å². The zero-order valence-electron chi connectivity index (χ0n) is 9.83. The van der Waals surface area contributed by atoms with Crippen LogP contribution in [0.25, 0.3) is 0 Å². The first-order chi connectivity index (χ1) is 6.76. The van der Waals surface area contributed by atoms with E-state index in [2.05, 4.69) is 4.74 Å². The lowest BCUT2D eigenvalue weighted by Gasteiger charge is -2.07.